The summed E-state index contributed by atoms with van der Waals surface area (Å²) in [6, 6.07) is 0. The molecule has 0 saturated carbocycles. The number of aliphatic carboxylic acids is 1. The number of hydrogen-bond donors (Lipinski definition) is 2. The van der Waals surface area contributed by atoms with Crippen molar-refractivity contribution in [2.24, 2.45) is 0 Å². The second-order valence-corrected chi connectivity index (χ2v) is 3.87. The minimum atomic E-state index is -1.07. The number of anilines is 1. The number of amides is 1. The average Bonchev–Trinajstić information content (AvgIpc) is 2.90. The standard InChI is InChI=1S/C10H11N5O4/c1-5-6(2)13-19-10(5)11-9(18)7-3-15(14-12-7)4-8(16)17/h3H,4H2,1-2H3,(H,11,18)(H,16,17). The van der Waals surface area contributed by atoms with Crippen LogP contribution in [0.15, 0.2) is 10.7 Å². The molecule has 1 amide bonds. The molecule has 0 bridgehead atoms. The van der Waals surface area contributed by atoms with Crippen LogP contribution >= 0.6 is 0 Å². The molecule has 0 fully saturated rings. The van der Waals surface area contributed by atoms with Crippen LogP contribution in [0.3, 0.4) is 0 Å². The van der Waals surface area contributed by atoms with E-state index >= 15 is 0 Å². The van der Waals surface area contributed by atoms with Gasteiger partial charge in [0, 0.05) is 5.56 Å². The molecule has 2 aromatic rings. The Balaban J connectivity index is 2.10. The number of nitrogens with zero attached hydrogens (tertiary/aromatic N) is 4. The lowest BCUT2D eigenvalue weighted by Crippen LogP contribution is -2.13. The molecule has 0 atom stereocenters. The Hall–Kier alpha value is -2.71. The maximum absolute atomic E-state index is 11.8. The molecule has 9 heteroatoms. The van der Waals surface area contributed by atoms with Crippen molar-refractivity contribution in [3.63, 3.8) is 0 Å². The summed E-state index contributed by atoms with van der Waals surface area (Å²) in [4.78, 5) is 22.3. The summed E-state index contributed by atoms with van der Waals surface area (Å²) < 4.78 is 5.98. The van der Waals surface area contributed by atoms with Crippen LogP contribution in [0.2, 0.25) is 0 Å². The summed E-state index contributed by atoms with van der Waals surface area (Å²) in [6.07, 6.45) is 1.24. The Morgan fingerprint density at radius 3 is 2.79 bits per heavy atom. The smallest absolute Gasteiger partial charge is 0.325 e. The number of carboxylic acids is 1. The van der Waals surface area contributed by atoms with Crippen molar-refractivity contribution in [3.8, 4) is 0 Å². The van der Waals surface area contributed by atoms with Gasteiger partial charge in [0.1, 0.15) is 6.54 Å². The number of rotatable bonds is 4. The highest BCUT2D eigenvalue weighted by Crippen LogP contribution is 2.17. The van der Waals surface area contributed by atoms with Gasteiger partial charge in [-0.2, -0.15) is 0 Å². The summed E-state index contributed by atoms with van der Waals surface area (Å²) in [5.74, 6) is -1.38. The van der Waals surface area contributed by atoms with E-state index < -0.39 is 11.9 Å². The fourth-order valence-corrected chi connectivity index (χ4v) is 1.32. The second-order valence-electron chi connectivity index (χ2n) is 3.87. The first-order valence-electron chi connectivity index (χ1n) is 5.33. The molecule has 0 radical (unpaired) electrons. The quantitative estimate of drug-likeness (QED) is 0.810. The highest BCUT2D eigenvalue weighted by atomic mass is 16.5. The summed E-state index contributed by atoms with van der Waals surface area (Å²) in [7, 11) is 0. The summed E-state index contributed by atoms with van der Waals surface area (Å²) in [5, 5.41) is 21.9. The molecule has 19 heavy (non-hydrogen) atoms. The van der Waals surface area contributed by atoms with E-state index in [-0.39, 0.29) is 18.1 Å². The van der Waals surface area contributed by atoms with Crippen LogP contribution in [0.1, 0.15) is 21.7 Å². The first kappa shape index (κ1) is 12.7. The van der Waals surface area contributed by atoms with E-state index in [1.54, 1.807) is 13.8 Å². The molecule has 2 N–H and O–H groups in total. The van der Waals surface area contributed by atoms with Crippen molar-refractivity contribution < 1.29 is 19.2 Å². The first-order valence-corrected chi connectivity index (χ1v) is 5.33. The lowest BCUT2D eigenvalue weighted by molar-refractivity contribution is -0.137. The maximum atomic E-state index is 11.8. The molecule has 100 valence electrons. The zero-order chi connectivity index (χ0) is 14.0. The van der Waals surface area contributed by atoms with Crippen LogP contribution < -0.4 is 5.32 Å². The predicted molar refractivity (Wildman–Crippen MR) is 61.6 cm³/mol. The molecule has 2 heterocycles. The monoisotopic (exact) mass is 265 g/mol. The van der Waals surface area contributed by atoms with E-state index in [1.165, 1.54) is 6.20 Å². The fourth-order valence-electron chi connectivity index (χ4n) is 1.32. The Labute approximate surface area is 107 Å². The van der Waals surface area contributed by atoms with Crippen LogP contribution in [0.5, 0.6) is 0 Å². The van der Waals surface area contributed by atoms with Crippen LogP contribution in [0.25, 0.3) is 0 Å². The Kier molecular flexibility index (Phi) is 3.27. The van der Waals surface area contributed by atoms with E-state index in [9.17, 15) is 9.59 Å². The van der Waals surface area contributed by atoms with Gasteiger partial charge in [-0.3, -0.25) is 14.9 Å². The van der Waals surface area contributed by atoms with Gasteiger partial charge in [-0.05, 0) is 13.8 Å². The molecule has 0 aliphatic carbocycles. The van der Waals surface area contributed by atoms with Crippen molar-refractivity contribution in [3.05, 3.63) is 23.1 Å². The Bertz CT molecular complexity index is 630. The zero-order valence-corrected chi connectivity index (χ0v) is 10.2. The molecule has 2 aromatic heterocycles. The highest BCUT2D eigenvalue weighted by Gasteiger charge is 2.16. The highest BCUT2D eigenvalue weighted by molar-refractivity contribution is 6.02. The molecule has 0 unspecified atom stereocenters. The molecular formula is C10H11N5O4. The number of aromatic nitrogens is 4. The van der Waals surface area contributed by atoms with Crippen LogP contribution in [-0.2, 0) is 11.3 Å². The molecule has 9 nitrogen and oxygen atoms in total. The molecule has 2 rings (SSSR count). The van der Waals surface area contributed by atoms with Gasteiger partial charge in [0.05, 0.1) is 11.9 Å². The van der Waals surface area contributed by atoms with Crippen molar-refractivity contribution in [1.82, 2.24) is 20.2 Å². The Morgan fingerprint density at radius 2 is 2.21 bits per heavy atom. The SMILES string of the molecule is Cc1noc(NC(=O)c2cn(CC(=O)O)nn2)c1C. The van der Waals surface area contributed by atoms with Gasteiger partial charge in [0.2, 0.25) is 5.88 Å². The second kappa shape index (κ2) is 4.88. The molecular weight excluding hydrogens is 254 g/mol. The fraction of sp³-hybridized carbons (Fsp3) is 0.300. The summed E-state index contributed by atoms with van der Waals surface area (Å²) in [6.45, 7) is 3.14. The molecule has 0 aromatic carbocycles. The third-order valence-corrected chi connectivity index (χ3v) is 2.45. The van der Waals surface area contributed by atoms with Gasteiger partial charge in [-0.15, -0.1) is 5.10 Å². The number of carbonyl (C=O) groups excluding carboxylic acids is 1. The first-order chi connectivity index (χ1) is 8.97. The van der Waals surface area contributed by atoms with Gasteiger partial charge in [0.25, 0.3) is 5.91 Å². The van der Waals surface area contributed by atoms with Gasteiger partial charge >= 0.3 is 5.97 Å². The molecule has 0 aliphatic heterocycles. The zero-order valence-electron chi connectivity index (χ0n) is 10.2. The maximum Gasteiger partial charge on any atom is 0.325 e. The van der Waals surface area contributed by atoms with Gasteiger partial charge in [-0.25, -0.2) is 4.68 Å². The van der Waals surface area contributed by atoms with Crippen LogP contribution in [0, 0.1) is 13.8 Å². The van der Waals surface area contributed by atoms with E-state index in [0.29, 0.717) is 11.3 Å². The van der Waals surface area contributed by atoms with E-state index in [2.05, 4.69) is 20.8 Å². The van der Waals surface area contributed by atoms with E-state index in [0.717, 1.165) is 4.68 Å². The Morgan fingerprint density at radius 1 is 1.47 bits per heavy atom. The average molecular weight is 265 g/mol. The topological polar surface area (TPSA) is 123 Å². The third-order valence-electron chi connectivity index (χ3n) is 2.45. The summed E-state index contributed by atoms with van der Waals surface area (Å²) in [5.41, 5.74) is 1.38. The minimum absolute atomic E-state index is 0.00490. The number of aryl methyl sites for hydroxylation is 1. The number of carboxylic acid groups (broad SMARTS) is 1. The van der Waals surface area contributed by atoms with Crippen molar-refractivity contribution in [1.29, 1.82) is 0 Å². The van der Waals surface area contributed by atoms with Gasteiger partial charge in [0.15, 0.2) is 5.69 Å². The van der Waals surface area contributed by atoms with Crippen molar-refractivity contribution in [2.45, 2.75) is 20.4 Å². The number of hydrogen-bond acceptors (Lipinski definition) is 6. The van der Waals surface area contributed by atoms with Crippen molar-refractivity contribution >= 4 is 17.8 Å². The molecule has 0 spiro atoms. The molecule has 0 aliphatic rings. The lowest BCUT2D eigenvalue weighted by Gasteiger charge is -1.98. The number of nitrogens with one attached hydrogen (secondary N) is 1. The normalized spacial score (nSPS) is 10.4. The van der Waals surface area contributed by atoms with Gasteiger partial charge < -0.3 is 9.63 Å². The van der Waals surface area contributed by atoms with E-state index in [4.69, 9.17) is 9.63 Å². The van der Waals surface area contributed by atoms with Crippen LogP contribution in [-0.4, -0.2) is 37.1 Å². The van der Waals surface area contributed by atoms with Crippen LogP contribution in [0.4, 0.5) is 5.88 Å². The largest absolute Gasteiger partial charge is 0.480 e. The number of carbonyl (C=O) groups is 2. The third kappa shape index (κ3) is 2.76. The van der Waals surface area contributed by atoms with Crippen molar-refractivity contribution in [2.75, 3.05) is 5.32 Å². The molecule has 0 saturated heterocycles. The van der Waals surface area contributed by atoms with Gasteiger partial charge in [-0.1, -0.05) is 10.4 Å². The minimum Gasteiger partial charge on any atom is -0.480 e. The lowest BCUT2D eigenvalue weighted by atomic mass is 10.3. The summed E-state index contributed by atoms with van der Waals surface area (Å²) >= 11 is 0. The van der Waals surface area contributed by atoms with E-state index in [1.807, 2.05) is 0 Å². The predicted octanol–water partition coefficient (Wildman–Crippen LogP) is 0.220.